The van der Waals surface area contributed by atoms with E-state index >= 15 is 0 Å². The van der Waals surface area contributed by atoms with Gasteiger partial charge in [0.2, 0.25) is 5.91 Å². The van der Waals surface area contributed by atoms with Crippen molar-refractivity contribution in [2.24, 2.45) is 0 Å². The molecule has 0 aliphatic carbocycles. The Morgan fingerprint density at radius 2 is 1.94 bits per heavy atom. The molecule has 31 heavy (non-hydrogen) atoms. The lowest BCUT2D eigenvalue weighted by Gasteiger charge is -2.32. The zero-order valence-electron chi connectivity index (χ0n) is 17.8. The summed E-state index contributed by atoms with van der Waals surface area (Å²) in [5, 5.41) is 3.25. The fraction of sp³-hybridized carbons (Fsp3) is 0.320. The average molecular weight is 417 g/mol. The van der Waals surface area contributed by atoms with Crippen molar-refractivity contribution in [3.05, 3.63) is 78.1 Å². The second-order valence-electron chi connectivity index (χ2n) is 7.83. The Hall–Kier alpha value is -3.41. The van der Waals surface area contributed by atoms with Gasteiger partial charge in [-0.15, -0.1) is 0 Å². The van der Waals surface area contributed by atoms with Gasteiger partial charge >= 0.3 is 0 Å². The first-order chi connectivity index (χ1) is 15.2. The van der Waals surface area contributed by atoms with Crippen LogP contribution >= 0.6 is 0 Å². The van der Waals surface area contributed by atoms with Gasteiger partial charge in [0, 0.05) is 30.9 Å². The fourth-order valence-electron chi connectivity index (χ4n) is 3.89. The third-order valence-electron chi connectivity index (χ3n) is 5.55. The lowest BCUT2D eigenvalue weighted by atomic mass is 9.94. The molecule has 0 radical (unpaired) electrons. The van der Waals surface area contributed by atoms with E-state index in [9.17, 15) is 4.79 Å². The van der Waals surface area contributed by atoms with Gasteiger partial charge in [0.15, 0.2) is 0 Å². The normalized spacial score (nSPS) is 16.0. The first-order valence-electron chi connectivity index (χ1n) is 10.8. The quantitative estimate of drug-likeness (QED) is 0.604. The molecule has 1 amide bonds. The van der Waals surface area contributed by atoms with Gasteiger partial charge in [-0.05, 0) is 55.7 Å². The number of amides is 1. The van der Waals surface area contributed by atoms with Crippen LogP contribution < -0.4 is 10.1 Å². The number of para-hydroxylation sites is 1. The van der Waals surface area contributed by atoms with Gasteiger partial charge in [-0.2, -0.15) is 0 Å². The number of nitrogens with one attached hydrogen (secondary N) is 1. The van der Waals surface area contributed by atoms with Crippen molar-refractivity contribution in [1.82, 2.24) is 14.9 Å². The van der Waals surface area contributed by atoms with Crippen molar-refractivity contribution in [2.45, 2.75) is 32.1 Å². The molecular weight excluding hydrogens is 388 g/mol. The van der Waals surface area contributed by atoms with Crippen LogP contribution in [0.5, 0.6) is 5.75 Å². The van der Waals surface area contributed by atoms with Gasteiger partial charge in [-0.1, -0.05) is 30.3 Å². The SMILES string of the molecule is Cc1ccccc1OCCC(=O)N1CCC[C@@H](c2cccc(Nc3ccccn3)n2)C1. The molecule has 0 unspecified atom stereocenters. The molecule has 1 aromatic carbocycles. The van der Waals surface area contributed by atoms with Crippen LogP contribution in [0.25, 0.3) is 0 Å². The van der Waals surface area contributed by atoms with Gasteiger partial charge in [-0.25, -0.2) is 9.97 Å². The Bertz CT molecular complexity index is 1010. The molecule has 1 atom stereocenters. The highest BCUT2D eigenvalue weighted by Crippen LogP contribution is 2.27. The fourth-order valence-corrected chi connectivity index (χ4v) is 3.89. The number of benzene rings is 1. The number of aryl methyl sites for hydroxylation is 1. The maximum Gasteiger partial charge on any atom is 0.226 e. The van der Waals surface area contributed by atoms with Crippen molar-refractivity contribution in [1.29, 1.82) is 0 Å². The number of nitrogens with zero attached hydrogens (tertiary/aromatic N) is 3. The van der Waals surface area contributed by atoms with Crippen LogP contribution in [0, 0.1) is 6.92 Å². The standard InChI is InChI=1S/C25H28N4O2/c1-19-8-2-3-11-22(19)31-17-14-25(30)29-16-7-9-20(18-29)21-10-6-13-24(27-21)28-23-12-4-5-15-26-23/h2-6,8,10-13,15,20H,7,9,14,16-18H2,1H3,(H,26,27,28)/t20-/m1/s1. The highest BCUT2D eigenvalue weighted by atomic mass is 16.5. The lowest BCUT2D eigenvalue weighted by Crippen LogP contribution is -2.39. The summed E-state index contributed by atoms with van der Waals surface area (Å²) in [4.78, 5) is 23.8. The molecule has 3 aromatic rings. The minimum Gasteiger partial charge on any atom is -0.493 e. The van der Waals surface area contributed by atoms with E-state index in [1.165, 1.54) is 0 Å². The van der Waals surface area contributed by atoms with Crippen LogP contribution in [0.4, 0.5) is 11.6 Å². The Labute approximate surface area is 183 Å². The Morgan fingerprint density at radius 1 is 1.10 bits per heavy atom. The number of hydrogen-bond acceptors (Lipinski definition) is 5. The zero-order valence-corrected chi connectivity index (χ0v) is 17.8. The Balaban J connectivity index is 1.33. The van der Waals surface area contributed by atoms with E-state index in [0.717, 1.165) is 48.0 Å². The number of hydrogen-bond donors (Lipinski definition) is 1. The summed E-state index contributed by atoms with van der Waals surface area (Å²) in [5.41, 5.74) is 2.09. The van der Waals surface area contributed by atoms with Crippen molar-refractivity contribution < 1.29 is 9.53 Å². The number of likely N-dealkylation sites (tertiary alicyclic amines) is 1. The van der Waals surface area contributed by atoms with Gasteiger partial charge < -0.3 is 15.0 Å². The van der Waals surface area contributed by atoms with Crippen molar-refractivity contribution in [3.8, 4) is 5.75 Å². The van der Waals surface area contributed by atoms with Crippen LogP contribution in [0.3, 0.4) is 0 Å². The first-order valence-corrected chi connectivity index (χ1v) is 10.8. The summed E-state index contributed by atoms with van der Waals surface area (Å²) in [5.74, 6) is 2.75. The topological polar surface area (TPSA) is 67.3 Å². The summed E-state index contributed by atoms with van der Waals surface area (Å²) in [6.07, 6.45) is 4.15. The summed E-state index contributed by atoms with van der Waals surface area (Å²) < 4.78 is 5.81. The number of ether oxygens (including phenoxy) is 1. The minimum absolute atomic E-state index is 0.140. The zero-order chi connectivity index (χ0) is 21.5. The minimum atomic E-state index is 0.140. The molecule has 0 bridgehead atoms. The number of aromatic nitrogens is 2. The number of anilines is 2. The molecule has 1 fully saturated rings. The maximum atomic E-state index is 12.8. The molecule has 1 aliphatic rings. The van der Waals surface area contributed by atoms with Crippen LogP contribution in [-0.4, -0.2) is 40.5 Å². The predicted molar refractivity (Wildman–Crippen MR) is 122 cm³/mol. The smallest absolute Gasteiger partial charge is 0.226 e. The largest absolute Gasteiger partial charge is 0.493 e. The molecule has 2 aromatic heterocycles. The molecule has 0 saturated carbocycles. The Morgan fingerprint density at radius 3 is 2.77 bits per heavy atom. The van der Waals surface area contributed by atoms with Gasteiger partial charge in [0.25, 0.3) is 0 Å². The van der Waals surface area contributed by atoms with Crippen molar-refractivity contribution in [3.63, 3.8) is 0 Å². The summed E-state index contributed by atoms with van der Waals surface area (Å²) in [7, 11) is 0. The molecule has 160 valence electrons. The van der Waals surface area contributed by atoms with Crippen molar-refractivity contribution in [2.75, 3.05) is 25.0 Å². The molecule has 6 nitrogen and oxygen atoms in total. The summed E-state index contributed by atoms with van der Waals surface area (Å²) in [6, 6.07) is 19.6. The average Bonchev–Trinajstić information content (AvgIpc) is 2.81. The summed E-state index contributed by atoms with van der Waals surface area (Å²) in [6.45, 7) is 3.90. The lowest BCUT2D eigenvalue weighted by molar-refractivity contribution is -0.132. The number of carbonyl (C=O) groups is 1. The van der Waals surface area contributed by atoms with Gasteiger partial charge in [0.1, 0.15) is 17.4 Å². The predicted octanol–water partition coefficient (Wildman–Crippen LogP) is 4.70. The van der Waals surface area contributed by atoms with E-state index in [2.05, 4.69) is 10.3 Å². The molecule has 4 rings (SSSR count). The number of rotatable bonds is 7. The van der Waals surface area contributed by atoms with E-state index in [1.54, 1.807) is 6.20 Å². The van der Waals surface area contributed by atoms with E-state index < -0.39 is 0 Å². The van der Waals surface area contributed by atoms with E-state index in [1.807, 2.05) is 72.5 Å². The third-order valence-corrected chi connectivity index (χ3v) is 5.55. The van der Waals surface area contributed by atoms with Crippen molar-refractivity contribution >= 4 is 17.5 Å². The Kier molecular flexibility index (Phi) is 6.77. The van der Waals surface area contributed by atoms with E-state index in [4.69, 9.17) is 9.72 Å². The van der Waals surface area contributed by atoms with Gasteiger partial charge in [0.05, 0.1) is 13.0 Å². The second kappa shape index (κ2) is 10.1. The van der Waals surface area contributed by atoms with Gasteiger partial charge in [-0.3, -0.25) is 4.79 Å². The molecule has 1 N–H and O–H groups in total. The molecule has 1 saturated heterocycles. The second-order valence-corrected chi connectivity index (χ2v) is 7.83. The molecular formula is C25H28N4O2. The number of carbonyl (C=O) groups excluding carboxylic acids is 1. The first kappa shape index (κ1) is 20.8. The maximum absolute atomic E-state index is 12.8. The monoisotopic (exact) mass is 416 g/mol. The molecule has 0 spiro atoms. The van der Waals surface area contributed by atoms with Crippen LogP contribution in [-0.2, 0) is 4.79 Å². The van der Waals surface area contributed by atoms with Crippen LogP contribution in [0.15, 0.2) is 66.9 Å². The molecule has 1 aliphatic heterocycles. The molecule has 3 heterocycles. The highest BCUT2D eigenvalue weighted by molar-refractivity contribution is 5.76. The highest BCUT2D eigenvalue weighted by Gasteiger charge is 2.25. The van der Waals surface area contributed by atoms with E-state index in [0.29, 0.717) is 19.6 Å². The van der Waals surface area contributed by atoms with E-state index in [-0.39, 0.29) is 11.8 Å². The van der Waals surface area contributed by atoms with Crippen LogP contribution in [0.2, 0.25) is 0 Å². The van der Waals surface area contributed by atoms with Crippen LogP contribution in [0.1, 0.15) is 36.4 Å². The summed E-state index contributed by atoms with van der Waals surface area (Å²) >= 11 is 0. The molecule has 6 heteroatoms. The number of piperidine rings is 1. The number of pyridine rings is 2. The third kappa shape index (κ3) is 5.60.